The molecule has 3 nitrogen and oxygen atoms in total. The molecule has 0 saturated carbocycles. The van der Waals surface area contributed by atoms with E-state index in [4.69, 9.17) is 4.74 Å². The Hall–Kier alpha value is -1.90. The number of aryl methyl sites for hydroxylation is 1. The van der Waals surface area contributed by atoms with Gasteiger partial charge in [0.2, 0.25) is 0 Å². The first-order chi connectivity index (χ1) is 10.7. The molecule has 1 aromatic rings. The Morgan fingerprint density at radius 2 is 2.05 bits per heavy atom. The minimum Gasteiger partial charge on any atom is -0.465 e. The minimum atomic E-state index is -1.05. The van der Waals surface area contributed by atoms with E-state index >= 15 is 0 Å². The molecule has 0 heterocycles. The van der Waals surface area contributed by atoms with Crippen molar-refractivity contribution < 1.29 is 14.3 Å². The van der Waals surface area contributed by atoms with Gasteiger partial charge < -0.3 is 4.74 Å². The van der Waals surface area contributed by atoms with E-state index in [-0.39, 0.29) is 11.8 Å². The molecule has 1 aromatic carbocycles. The van der Waals surface area contributed by atoms with Gasteiger partial charge in [-0.3, -0.25) is 9.59 Å². The zero-order chi connectivity index (χ0) is 16.0. The van der Waals surface area contributed by atoms with Crippen molar-refractivity contribution in [2.75, 3.05) is 6.61 Å². The van der Waals surface area contributed by atoms with E-state index in [1.807, 2.05) is 30.3 Å². The lowest BCUT2D eigenvalue weighted by Crippen LogP contribution is -2.43. The molecule has 0 aromatic heterocycles. The van der Waals surface area contributed by atoms with Crippen molar-refractivity contribution in [1.29, 1.82) is 0 Å². The zero-order valence-corrected chi connectivity index (χ0v) is 13.4. The third-order valence-corrected chi connectivity index (χ3v) is 4.27. The van der Waals surface area contributed by atoms with Crippen molar-refractivity contribution in [3.05, 3.63) is 47.5 Å². The van der Waals surface area contributed by atoms with Crippen LogP contribution in [0.25, 0.3) is 0 Å². The second-order valence-electron chi connectivity index (χ2n) is 5.75. The Bertz CT molecular complexity index is 574. The van der Waals surface area contributed by atoms with Crippen LogP contribution in [-0.2, 0) is 16.0 Å². The van der Waals surface area contributed by atoms with Crippen molar-refractivity contribution in [1.82, 2.24) is 0 Å². The highest BCUT2D eigenvalue weighted by Crippen LogP contribution is 2.40. The Morgan fingerprint density at radius 3 is 2.77 bits per heavy atom. The number of rotatable bonds is 6. The molecule has 118 valence electrons. The van der Waals surface area contributed by atoms with Crippen molar-refractivity contribution in [3.63, 3.8) is 0 Å². The van der Waals surface area contributed by atoms with E-state index in [1.165, 1.54) is 0 Å². The number of Topliss-reactive ketones (excluding diaryl/α,β-unsaturated/α-hetero) is 1. The predicted molar refractivity (Wildman–Crippen MR) is 86.8 cm³/mol. The van der Waals surface area contributed by atoms with Gasteiger partial charge in [0.05, 0.1) is 6.61 Å². The number of unbranched alkanes of at least 4 members (excludes halogenated alkanes) is 1. The van der Waals surface area contributed by atoms with Crippen LogP contribution >= 0.6 is 0 Å². The second-order valence-corrected chi connectivity index (χ2v) is 5.75. The Morgan fingerprint density at radius 1 is 1.27 bits per heavy atom. The molecule has 0 amide bonds. The number of allylic oxidation sites excluding steroid dienone is 2. The van der Waals surface area contributed by atoms with E-state index < -0.39 is 5.41 Å². The van der Waals surface area contributed by atoms with Gasteiger partial charge in [0.1, 0.15) is 5.41 Å². The number of hydrogen-bond acceptors (Lipinski definition) is 3. The van der Waals surface area contributed by atoms with E-state index in [0.29, 0.717) is 25.0 Å². The molecule has 0 bridgehead atoms. The molecule has 2 rings (SSSR count). The molecule has 0 radical (unpaired) electrons. The topological polar surface area (TPSA) is 43.4 Å². The van der Waals surface area contributed by atoms with Gasteiger partial charge in [0.25, 0.3) is 0 Å². The first-order valence-electron chi connectivity index (χ1n) is 8.10. The van der Waals surface area contributed by atoms with E-state index in [1.54, 1.807) is 6.92 Å². The highest BCUT2D eigenvalue weighted by atomic mass is 16.5. The lowest BCUT2D eigenvalue weighted by Gasteiger charge is -2.33. The Labute approximate surface area is 132 Å². The number of ether oxygens (including phenoxy) is 1. The van der Waals surface area contributed by atoms with Crippen LogP contribution in [0.5, 0.6) is 0 Å². The monoisotopic (exact) mass is 300 g/mol. The number of benzene rings is 1. The molecular formula is C19H24O3. The number of fused-ring (bicyclic) bond motifs is 1. The molecule has 0 N–H and O–H groups in total. The van der Waals surface area contributed by atoms with Gasteiger partial charge in [-0.1, -0.05) is 49.8 Å². The summed E-state index contributed by atoms with van der Waals surface area (Å²) >= 11 is 0. The number of ketones is 1. The van der Waals surface area contributed by atoms with Gasteiger partial charge in [-0.05, 0) is 38.2 Å². The summed E-state index contributed by atoms with van der Waals surface area (Å²) in [7, 11) is 0. The van der Waals surface area contributed by atoms with Crippen LogP contribution in [0.15, 0.2) is 36.4 Å². The molecular weight excluding hydrogens is 276 g/mol. The molecule has 0 aliphatic heterocycles. The van der Waals surface area contributed by atoms with E-state index in [2.05, 4.69) is 13.0 Å². The zero-order valence-electron chi connectivity index (χ0n) is 13.4. The second kappa shape index (κ2) is 7.39. The van der Waals surface area contributed by atoms with E-state index in [9.17, 15) is 9.59 Å². The van der Waals surface area contributed by atoms with Crippen LogP contribution in [0.2, 0.25) is 0 Å². The van der Waals surface area contributed by atoms with Gasteiger partial charge >= 0.3 is 5.97 Å². The molecule has 1 aliphatic rings. The summed E-state index contributed by atoms with van der Waals surface area (Å²) in [6.45, 7) is 4.18. The van der Waals surface area contributed by atoms with Crippen molar-refractivity contribution in [2.24, 2.45) is 5.41 Å². The van der Waals surface area contributed by atoms with Crippen LogP contribution in [0.4, 0.5) is 0 Å². The smallest absolute Gasteiger partial charge is 0.320 e. The average Bonchev–Trinajstić information content (AvgIpc) is 2.54. The third-order valence-electron chi connectivity index (χ3n) is 4.27. The maximum Gasteiger partial charge on any atom is 0.320 e. The number of hydrogen-bond donors (Lipinski definition) is 0. The third kappa shape index (κ3) is 3.13. The lowest BCUT2D eigenvalue weighted by atomic mass is 9.68. The average molecular weight is 300 g/mol. The molecule has 22 heavy (non-hydrogen) atoms. The van der Waals surface area contributed by atoms with Crippen LogP contribution < -0.4 is 0 Å². The molecule has 1 aliphatic carbocycles. The maximum atomic E-state index is 13.0. The van der Waals surface area contributed by atoms with Gasteiger partial charge in [0.15, 0.2) is 5.78 Å². The van der Waals surface area contributed by atoms with Crippen LogP contribution in [-0.4, -0.2) is 18.4 Å². The number of carbonyl (C=O) groups is 2. The summed E-state index contributed by atoms with van der Waals surface area (Å²) < 4.78 is 5.23. The summed E-state index contributed by atoms with van der Waals surface area (Å²) in [5.74, 6) is -0.468. The molecule has 0 saturated heterocycles. The van der Waals surface area contributed by atoms with Crippen LogP contribution in [0, 0.1) is 5.41 Å². The fourth-order valence-corrected chi connectivity index (χ4v) is 2.99. The summed E-state index contributed by atoms with van der Waals surface area (Å²) in [4.78, 5) is 25.5. The molecule has 1 unspecified atom stereocenters. The Balaban J connectivity index is 2.33. The van der Waals surface area contributed by atoms with Gasteiger partial charge in [-0.2, -0.15) is 0 Å². The summed E-state index contributed by atoms with van der Waals surface area (Å²) in [5.41, 5.74) is 0.657. The molecule has 3 heteroatoms. The van der Waals surface area contributed by atoms with Crippen molar-refractivity contribution in [3.8, 4) is 0 Å². The molecule has 0 spiro atoms. The predicted octanol–water partition coefficient (Wildman–Crippen LogP) is 4.11. The van der Waals surface area contributed by atoms with E-state index in [0.717, 1.165) is 24.8 Å². The summed E-state index contributed by atoms with van der Waals surface area (Å²) in [5, 5.41) is 0. The SMILES string of the molecule is CCC/C=C\CC1(C(=O)OCC)CCc2ccccc2C1=O. The first kappa shape index (κ1) is 16.5. The summed E-state index contributed by atoms with van der Waals surface area (Å²) in [6, 6.07) is 7.57. The van der Waals surface area contributed by atoms with Crippen LogP contribution in [0.3, 0.4) is 0 Å². The number of carbonyl (C=O) groups excluding carboxylic acids is 2. The fraction of sp³-hybridized carbons (Fsp3) is 0.474. The summed E-state index contributed by atoms with van der Waals surface area (Å²) in [6.07, 6.45) is 7.73. The minimum absolute atomic E-state index is 0.0889. The quantitative estimate of drug-likeness (QED) is 0.451. The lowest BCUT2D eigenvalue weighted by molar-refractivity contribution is -0.152. The highest BCUT2D eigenvalue weighted by molar-refractivity contribution is 6.14. The van der Waals surface area contributed by atoms with Crippen molar-refractivity contribution >= 4 is 11.8 Å². The first-order valence-corrected chi connectivity index (χ1v) is 8.10. The Kier molecular flexibility index (Phi) is 5.53. The number of esters is 1. The maximum absolute atomic E-state index is 13.0. The van der Waals surface area contributed by atoms with Gasteiger partial charge in [0, 0.05) is 5.56 Å². The normalized spacial score (nSPS) is 20.9. The molecule has 0 fully saturated rings. The van der Waals surface area contributed by atoms with Crippen molar-refractivity contribution in [2.45, 2.75) is 46.0 Å². The standard InChI is InChI=1S/C19H24O3/c1-3-5-6-9-13-19(18(21)22-4-2)14-12-15-10-7-8-11-16(15)17(19)20/h6-11H,3-5,12-14H2,1-2H3/b9-6-. The fourth-order valence-electron chi connectivity index (χ4n) is 2.99. The largest absolute Gasteiger partial charge is 0.465 e. The highest BCUT2D eigenvalue weighted by Gasteiger charge is 2.48. The van der Waals surface area contributed by atoms with Crippen LogP contribution in [0.1, 0.15) is 55.5 Å². The van der Waals surface area contributed by atoms with Gasteiger partial charge in [-0.25, -0.2) is 0 Å². The molecule has 1 atom stereocenters. The van der Waals surface area contributed by atoms with Gasteiger partial charge in [-0.15, -0.1) is 0 Å².